The van der Waals surface area contributed by atoms with E-state index in [1.54, 1.807) is 0 Å². The highest BCUT2D eigenvalue weighted by molar-refractivity contribution is 7.91. The Kier molecular flexibility index (Phi) is 3.80. The summed E-state index contributed by atoms with van der Waals surface area (Å²) in [6, 6.07) is 0. The van der Waals surface area contributed by atoms with Crippen LogP contribution in [0, 0.1) is 5.92 Å². The second-order valence-corrected chi connectivity index (χ2v) is 7.99. The van der Waals surface area contributed by atoms with Crippen molar-refractivity contribution in [1.29, 1.82) is 0 Å². The molecule has 4 nitrogen and oxygen atoms in total. The molecule has 0 radical (unpaired) electrons. The minimum absolute atomic E-state index is 0.250. The third-order valence-corrected chi connectivity index (χ3v) is 6.37. The van der Waals surface area contributed by atoms with Gasteiger partial charge >= 0.3 is 0 Å². The van der Waals surface area contributed by atoms with Gasteiger partial charge in [-0.1, -0.05) is 12.8 Å². The first-order valence-corrected chi connectivity index (χ1v) is 8.41. The van der Waals surface area contributed by atoms with Crippen LogP contribution in [0.25, 0.3) is 0 Å². The maximum absolute atomic E-state index is 11.7. The molecule has 17 heavy (non-hydrogen) atoms. The number of hydrogen-bond acceptors (Lipinski definition) is 4. The minimum Gasteiger partial charge on any atom is -0.329 e. The van der Waals surface area contributed by atoms with Gasteiger partial charge in [-0.2, -0.15) is 0 Å². The summed E-state index contributed by atoms with van der Waals surface area (Å²) in [4.78, 5) is 2.23. The topological polar surface area (TPSA) is 63.4 Å². The largest absolute Gasteiger partial charge is 0.329 e. The van der Waals surface area contributed by atoms with Crippen LogP contribution < -0.4 is 5.73 Å². The van der Waals surface area contributed by atoms with Gasteiger partial charge in [0.1, 0.15) is 0 Å². The maximum Gasteiger partial charge on any atom is 0.152 e. The van der Waals surface area contributed by atoms with E-state index in [0.717, 1.165) is 12.5 Å². The molecule has 0 bridgehead atoms. The van der Waals surface area contributed by atoms with Gasteiger partial charge in [-0.3, -0.25) is 4.90 Å². The molecule has 0 aromatic rings. The Balaban J connectivity index is 2.02. The number of nitrogens with zero attached hydrogens (tertiary/aromatic N) is 1. The fourth-order valence-corrected chi connectivity index (χ4v) is 5.43. The molecule has 2 N–H and O–H groups in total. The first-order chi connectivity index (χ1) is 7.97. The highest BCUT2D eigenvalue weighted by Gasteiger charge is 2.44. The zero-order chi connectivity index (χ0) is 12.5. The average molecular weight is 260 g/mol. The van der Waals surface area contributed by atoms with E-state index in [4.69, 9.17) is 5.73 Å². The van der Waals surface area contributed by atoms with Crippen LogP contribution in [0.1, 0.15) is 32.1 Å². The van der Waals surface area contributed by atoms with Gasteiger partial charge in [0.25, 0.3) is 0 Å². The molecule has 1 aliphatic heterocycles. The molecular formula is C12H24N2O2S. The smallest absolute Gasteiger partial charge is 0.152 e. The Morgan fingerprint density at radius 1 is 1.35 bits per heavy atom. The first kappa shape index (κ1) is 13.3. The normalized spacial score (nSPS) is 33.6. The highest BCUT2D eigenvalue weighted by Crippen LogP contribution is 2.32. The van der Waals surface area contributed by atoms with Gasteiger partial charge in [-0.05, 0) is 32.2 Å². The fourth-order valence-electron chi connectivity index (χ4n) is 3.29. The van der Waals surface area contributed by atoms with Gasteiger partial charge < -0.3 is 5.73 Å². The Labute approximate surface area is 104 Å². The summed E-state index contributed by atoms with van der Waals surface area (Å²) in [6.45, 7) is 1.46. The van der Waals surface area contributed by atoms with E-state index in [1.807, 2.05) is 7.05 Å². The molecule has 1 unspecified atom stereocenters. The molecular weight excluding hydrogens is 236 g/mol. The summed E-state index contributed by atoms with van der Waals surface area (Å²) in [5, 5.41) is 0. The lowest BCUT2D eigenvalue weighted by atomic mass is 9.95. The molecule has 5 heteroatoms. The summed E-state index contributed by atoms with van der Waals surface area (Å²) in [5.41, 5.74) is 5.57. The Hall–Kier alpha value is -0.130. The monoisotopic (exact) mass is 260 g/mol. The number of rotatable bonds is 4. The molecule has 0 amide bonds. The van der Waals surface area contributed by atoms with Crippen molar-refractivity contribution in [2.75, 3.05) is 31.6 Å². The zero-order valence-corrected chi connectivity index (χ0v) is 11.5. The lowest BCUT2D eigenvalue weighted by molar-refractivity contribution is 0.128. The average Bonchev–Trinajstić information content (AvgIpc) is 2.86. The lowest BCUT2D eigenvalue weighted by Crippen LogP contribution is -2.54. The molecule has 1 saturated heterocycles. The number of sulfone groups is 1. The van der Waals surface area contributed by atoms with Crippen molar-refractivity contribution < 1.29 is 8.42 Å². The van der Waals surface area contributed by atoms with Gasteiger partial charge in [0, 0.05) is 18.6 Å². The van der Waals surface area contributed by atoms with Gasteiger partial charge in [0.05, 0.1) is 11.5 Å². The van der Waals surface area contributed by atoms with Crippen LogP contribution in [-0.4, -0.2) is 50.5 Å². The van der Waals surface area contributed by atoms with Crippen molar-refractivity contribution in [2.45, 2.75) is 37.6 Å². The van der Waals surface area contributed by atoms with Crippen molar-refractivity contribution in [3.8, 4) is 0 Å². The molecule has 2 fully saturated rings. The summed E-state index contributed by atoms with van der Waals surface area (Å²) < 4.78 is 23.3. The molecule has 2 aliphatic rings. The van der Waals surface area contributed by atoms with Gasteiger partial charge in [0.15, 0.2) is 9.84 Å². The van der Waals surface area contributed by atoms with Gasteiger partial charge in [-0.25, -0.2) is 8.42 Å². The molecule has 0 aromatic carbocycles. The summed E-state index contributed by atoms with van der Waals surface area (Å²) >= 11 is 0. The van der Waals surface area contributed by atoms with Crippen LogP contribution in [0.4, 0.5) is 0 Å². The Bertz CT molecular complexity index is 363. The van der Waals surface area contributed by atoms with Crippen LogP contribution in [0.5, 0.6) is 0 Å². The van der Waals surface area contributed by atoms with E-state index < -0.39 is 9.84 Å². The fraction of sp³-hybridized carbons (Fsp3) is 1.00. The lowest BCUT2D eigenvalue weighted by Gasteiger charge is -2.38. The van der Waals surface area contributed by atoms with Crippen molar-refractivity contribution in [1.82, 2.24) is 4.90 Å². The van der Waals surface area contributed by atoms with E-state index >= 15 is 0 Å². The van der Waals surface area contributed by atoms with Crippen molar-refractivity contribution in [2.24, 2.45) is 11.7 Å². The highest BCUT2D eigenvalue weighted by atomic mass is 32.2. The molecule has 1 saturated carbocycles. The summed E-state index contributed by atoms with van der Waals surface area (Å²) in [7, 11) is -0.819. The van der Waals surface area contributed by atoms with E-state index in [0.29, 0.717) is 18.7 Å². The van der Waals surface area contributed by atoms with Crippen molar-refractivity contribution >= 4 is 9.84 Å². The second-order valence-electron chi connectivity index (χ2n) is 5.80. The minimum atomic E-state index is -2.87. The van der Waals surface area contributed by atoms with E-state index in [2.05, 4.69) is 4.90 Å². The zero-order valence-electron chi connectivity index (χ0n) is 10.7. The standard InChI is InChI=1S/C12H24N2O2S/c1-14(8-11-4-2-3-5-11)12(9-13)6-7-17(15,16)10-12/h11H,2-10,13H2,1H3. The molecule has 0 aromatic heterocycles. The maximum atomic E-state index is 11.7. The second kappa shape index (κ2) is 4.86. The number of likely N-dealkylation sites (N-methyl/N-ethyl adjacent to an activating group) is 1. The SMILES string of the molecule is CN(CC1CCCC1)C1(CN)CCS(=O)(=O)C1. The molecule has 0 spiro atoms. The van der Waals surface area contributed by atoms with Crippen LogP contribution in [0.15, 0.2) is 0 Å². The van der Waals surface area contributed by atoms with Crippen LogP contribution in [0.3, 0.4) is 0 Å². The number of hydrogen-bond donors (Lipinski definition) is 1. The summed E-state index contributed by atoms with van der Waals surface area (Å²) in [5.74, 6) is 1.30. The molecule has 1 atom stereocenters. The Morgan fingerprint density at radius 3 is 2.47 bits per heavy atom. The molecule has 2 rings (SSSR count). The predicted molar refractivity (Wildman–Crippen MR) is 69.6 cm³/mol. The van der Waals surface area contributed by atoms with Crippen molar-refractivity contribution in [3.63, 3.8) is 0 Å². The van der Waals surface area contributed by atoms with Gasteiger partial charge in [-0.15, -0.1) is 0 Å². The third kappa shape index (κ3) is 2.83. The molecule has 100 valence electrons. The van der Waals surface area contributed by atoms with E-state index in [9.17, 15) is 8.42 Å². The number of nitrogens with two attached hydrogens (primary N) is 1. The third-order valence-electron chi connectivity index (χ3n) is 4.56. The predicted octanol–water partition coefficient (Wildman–Crippen LogP) is 0.624. The summed E-state index contributed by atoms with van der Waals surface area (Å²) in [6.07, 6.45) is 5.93. The van der Waals surface area contributed by atoms with Crippen LogP contribution in [0.2, 0.25) is 0 Å². The van der Waals surface area contributed by atoms with Crippen LogP contribution in [-0.2, 0) is 9.84 Å². The van der Waals surface area contributed by atoms with E-state index in [-0.39, 0.29) is 11.3 Å². The first-order valence-electron chi connectivity index (χ1n) is 6.59. The van der Waals surface area contributed by atoms with E-state index in [1.165, 1.54) is 25.7 Å². The van der Waals surface area contributed by atoms with Crippen molar-refractivity contribution in [3.05, 3.63) is 0 Å². The Morgan fingerprint density at radius 2 is 2.00 bits per heavy atom. The van der Waals surface area contributed by atoms with Gasteiger partial charge in [0.2, 0.25) is 0 Å². The van der Waals surface area contributed by atoms with Crippen LogP contribution >= 0.6 is 0 Å². The quantitative estimate of drug-likeness (QED) is 0.805. The molecule has 1 heterocycles. The molecule has 1 aliphatic carbocycles.